The van der Waals surface area contributed by atoms with Crippen molar-refractivity contribution in [3.05, 3.63) is 65.4 Å². The van der Waals surface area contributed by atoms with Crippen molar-refractivity contribution in [2.75, 3.05) is 46.1 Å². The van der Waals surface area contributed by atoms with Gasteiger partial charge in [0.05, 0.1) is 25.4 Å². The predicted molar refractivity (Wildman–Crippen MR) is 121 cm³/mol. The highest BCUT2D eigenvalue weighted by atomic mass is 16.5. The van der Waals surface area contributed by atoms with Gasteiger partial charge < -0.3 is 18.8 Å². The summed E-state index contributed by atoms with van der Waals surface area (Å²) >= 11 is 0. The fraction of sp³-hybridized carbons (Fsp3) is 0.400. The van der Waals surface area contributed by atoms with E-state index in [9.17, 15) is 4.79 Å². The number of aromatic nitrogens is 1. The van der Waals surface area contributed by atoms with Gasteiger partial charge in [-0.1, -0.05) is 30.3 Å². The third-order valence-corrected chi connectivity index (χ3v) is 5.74. The summed E-state index contributed by atoms with van der Waals surface area (Å²) in [7, 11) is 0. The molecule has 1 aromatic heterocycles. The molecular formula is C25H30N2O4. The standard InChI is InChI=1S/C25H30N2O4/c1-3-30-25(28)24-19(2)27(18-20-7-5-4-6-8-20)23-10-9-21(17-22(23)24)31-16-13-26-11-14-29-15-12-26/h4-10,17H,3,11-16,18H2,1-2H3. The van der Waals surface area contributed by atoms with Crippen molar-refractivity contribution in [3.8, 4) is 5.75 Å². The minimum absolute atomic E-state index is 0.290. The van der Waals surface area contributed by atoms with E-state index in [-0.39, 0.29) is 5.97 Å². The van der Waals surface area contributed by atoms with Crippen molar-refractivity contribution in [3.63, 3.8) is 0 Å². The Hall–Kier alpha value is -2.83. The first-order valence-electron chi connectivity index (χ1n) is 10.9. The summed E-state index contributed by atoms with van der Waals surface area (Å²) in [6.07, 6.45) is 0. The second-order valence-corrected chi connectivity index (χ2v) is 7.73. The normalized spacial score (nSPS) is 14.6. The number of ether oxygens (including phenoxy) is 3. The number of carbonyl (C=O) groups excluding carboxylic acids is 1. The van der Waals surface area contributed by atoms with Crippen LogP contribution in [0.1, 0.15) is 28.5 Å². The number of carbonyl (C=O) groups is 1. The molecule has 1 saturated heterocycles. The van der Waals surface area contributed by atoms with Crippen LogP contribution in [-0.4, -0.2) is 61.5 Å². The summed E-state index contributed by atoms with van der Waals surface area (Å²) < 4.78 is 19.0. The highest BCUT2D eigenvalue weighted by Gasteiger charge is 2.22. The molecule has 0 radical (unpaired) electrons. The molecule has 0 bridgehead atoms. The Morgan fingerprint density at radius 3 is 2.61 bits per heavy atom. The van der Waals surface area contributed by atoms with Gasteiger partial charge in [-0.3, -0.25) is 4.90 Å². The average molecular weight is 423 g/mol. The van der Waals surface area contributed by atoms with Crippen molar-refractivity contribution < 1.29 is 19.0 Å². The molecule has 0 saturated carbocycles. The quantitative estimate of drug-likeness (QED) is 0.516. The Kier molecular flexibility index (Phi) is 6.89. The van der Waals surface area contributed by atoms with Crippen LogP contribution >= 0.6 is 0 Å². The van der Waals surface area contributed by atoms with Gasteiger partial charge in [-0.2, -0.15) is 0 Å². The molecule has 1 fully saturated rings. The van der Waals surface area contributed by atoms with E-state index >= 15 is 0 Å². The lowest BCUT2D eigenvalue weighted by atomic mass is 10.1. The van der Waals surface area contributed by atoms with Crippen LogP contribution in [0.4, 0.5) is 0 Å². The second-order valence-electron chi connectivity index (χ2n) is 7.73. The molecule has 1 aliphatic rings. The van der Waals surface area contributed by atoms with Crippen LogP contribution in [0.15, 0.2) is 48.5 Å². The first-order chi connectivity index (χ1) is 15.2. The van der Waals surface area contributed by atoms with E-state index in [4.69, 9.17) is 14.2 Å². The number of benzene rings is 2. The minimum Gasteiger partial charge on any atom is -0.492 e. The summed E-state index contributed by atoms with van der Waals surface area (Å²) in [6.45, 7) is 9.76. The first kappa shape index (κ1) is 21.4. The molecule has 0 spiro atoms. The molecule has 2 heterocycles. The van der Waals surface area contributed by atoms with E-state index in [0.29, 0.717) is 25.3 Å². The highest BCUT2D eigenvalue weighted by molar-refractivity contribution is 6.06. The fourth-order valence-corrected chi connectivity index (χ4v) is 4.10. The fourth-order valence-electron chi connectivity index (χ4n) is 4.10. The van der Waals surface area contributed by atoms with Crippen molar-refractivity contribution in [2.45, 2.75) is 20.4 Å². The van der Waals surface area contributed by atoms with Crippen molar-refractivity contribution in [2.24, 2.45) is 0 Å². The second kappa shape index (κ2) is 9.98. The van der Waals surface area contributed by atoms with Crippen LogP contribution in [0.3, 0.4) is 0 Å². The molecule has 6 nitrogen and oxygen atoms in total. The molecule has 0 N–H and O–H groups in total. The number of esters is 1. The smallest absolute Gasteiger partial charge is 0.340 e. The van der Waals surface area contributed by atoms with Gasteiger partial charge in [0, 0.05) is 42.8 Å². The van der Waals surface area contributed by atoms with Crippen LogP contribution in [0, 0.1) is 6.92 Å². The zero-order chi connectivity index (χ0) is 21.6. The zero-order valence-electron chi connectivity index (χ0n) is 18.3. The van der Waals surface area contributed by atoms with Crippen LogP contribution < -0.4 is 4.74 Å². The summed E-state index contributed by atoms with van der Waals surface area (Å²) in [5.41, 5.74) is 3.71. The number of morpholine rings is 1. The lowest BCUT2D eigenvalue weighted by Gasteiger charge is -2.26. The molecule has 0 amide bonds. The number of rotatable bonds is 8. The lowest BCUT2D eigenvalue weighted by Crippen LogP contribution is -2.38. The third kappa shape index (κ3) is 4.92. The Morgan fingerprint density at radius 2 is 1.87 bits per heavy atom. The molecule has 31 heavy (non-hydrogen) atoms. The van der Waals surface area contributed by atoms with Gasteiger partial charge in [0.25, 0.3) is 0 Å². The number of nitrogens with zero attached hydrogens (tertiary/aromatic N) is 2. The van der Waals surface area contributed by atoms with Gasteiger partial charge in [0.2, 0.25) is 0 Å². The van der Waals surface area contributed by atoms with E-state index in [1.807, 2.05) is 50.2 Å². The average Bonchev–Trinajstić information content (AvgIpc) is 3.06. The SMILES string of the molecule is CCOC(=O)c1c(C)n(Cc2ccccc2)c2ccc(OCCN3CCOCC3)cc12. The Labute approximate surface area is 183 Å². The Bertz CT molecular complexity index is 1020. The van der Waals surface area contributed by atoms with E-state index in [2.05, 4.69) is 21.6 Å². The van der Waals surface area contributed by atoms with Crippen LogP contribution in [0.25, 0.3) is 10.9 Å². The summed E-state index contributed by atoms with van der Waals surface area (Å²) in [4.78, 5) is 15.1. The molecule has 2 aromatic carbocycles. The topological polar surface area (TPSA) is 52.9 Å². The molecule has 4 rings (SSSR count). The molecule has 3 aromatic rings. The van der Waals surface area contributed by atoms with E-state index < -0.39 is 0 Å². The van der Waals surface area contributed by atoms with Gasteiger partial charge >= 0.3 is 5.97 Å². The van der Waals surface area contributed by atoms with Gasteiger partial charge in [-0.05, 0) is 37.6 Å². The minimum atomic E-state index is -0.290. The number of hydrogen-bond acceptors (Lipinski definition) is 5. The van der Waals surface area contributed by atoms with Crippen molar-refractivity contribution in [1.29, 1.82) is 0 Å². The van der Waals surface area contributed by atoms with E-state index in [0.717, 1.165) is 55.2 Å². The highest BCUT2D eigenvalue weighted by Crippen LogP contribution is 2.31. The molecule has 0 atom stereocenters. The van der Waals surface area contributed by atoms with Crippen LogP contribution in [0.2, 0.25) is 0 Å². The first-order valence-corrected chi connectivity index (χ1v) is 10.9. The molecular weight excluding hydrogens is 392 g/mol. The summed E-state index contributed by atoms with van der Waals surface area (Å²) in [5.74, 6) is 0.477. The zero-order valence-corrected chi connectivity index (χ0v) is 18.3. The van der Waals surface area contributed by atoms with Gasteiger partial charge in [0.1, 0.15) is 12.4 Å². The van der Waals surface area contributed by atoms with Crippen molar-refractivity contribution in [1.82, 2.24) is 9.47 Å². The Morgan fingerprint density at radius 1 is 1.10 bits per heavy atom. The predicted octanol–water partition coefficient (Wildman–Crippen LogP) is 3.89. The van der Waals surface area contributed by atoms with Gasteiger partial charge in [0.15, 0.2) is 0 Å². The monoisotopic (exact) mass is 422 g/mol. The maximum atomic E-state index is 12.8. The summed E-state index contributed by atoms with van der Waals surface area (Å²) in [6, 6.07) is 16.3. The Balaban J connectivity index is 1.61. The van der Waals surface area contributed by atoms with Gasteiger partial charge in [-0.25, -0.2) is 4.79 Å². The number of hydrogen-bond donors (Lipinski definition) is 0. The van der Waals surface area contributed by atoms with Crippen LogP contribution in [-0.2, 0) is 16.0 Å². The van der Waals surface area contributed by atoms with Crippen LogP contribution in [0.5, 0.6) is 5.75 Å². The largest absolute Gasteiger partial charge is 0.492 e. The maximum absolute atomic E-state index is 12.8. The maximum Gasteiger partial charge on any atom is 0.340 e. The molecule has 164 valence electrons. The number of fused-ring (bicyclic) bond motifs is 1. The molecule has 0 aliphatic carbocycles. The lowest BCUT2D eigenvalue weighted by molar-refractivity contribution is 0.0322. The third-order valence-electron chi connectivity index (χ3n) is 5.74. The van der Waals surface area contributed by atoms with Crippen molar-refractivity contribution >= 4 is 16.9 Å². The molecule has 0 unspecified atom stereocenters. The molecule has 1 aliphatic heterocycles. The van der Waals surface area contributed by atoms with E-state index in [1.165, 1.54) is 5.56 Å². The summed E-state index contributed by atoms with van der Waals surface area (Å²) in [5, 5.41) is 0.871. The van der Waals surface area contributed by atoms with E-state index in [1.54, 1.807) is 0 Å². The molecule has 6 heteroatoms. The van der Waals surface area contributed by atoms with Gasteiger partial charge in [-0.15, -0.1) is 0 Å².